The van der Waals surface area contributed by atoms with Crippen LogP contribution in [-0.2, 0) is 0 Å². The lowest BCUT2D eigenvalue weighted by atomic mass is 10.2. The Hall–Kier alpha value is -3.27. The number of carbonyl (C=O) groups excluding carboxylic acids is 1. The fourth-order valence-electron chi connectivity index (χ4n) is 2.20. The Kier molecular flexibility index (Phi) is 4.19. The third-order valence-corrected chi connectivity index (χ3v) is 3.87. The minimum Gasteiger partial charge on any atom is -0.507 e. The van der Waals surface area contributed by atoms with E-state index in [1.807, 2.05) is 0 Å². The number of aromatic amines is 1. The number of hydrogen-bond donors (Lipinski definition) is 3. The molecule has 3 N–H and O–H groups in total. The molecule has 3 rings (SSSR count). The molecule has 0 fully saturated rings. The largest absolute Gasteiger partial charge is 0.507 e. The number of hydrogen-bond acceptors (Lipinski definition) is 6. The van der Waals surface area contributed by atoms with Gasteiger partial charge in [0.15, 0.2) is 5.69 Å². The van der Waals surface area contributed by atoms with Crippen LogP contribution in [0.4, 0.5) is 11.4 Å². The Morgan fingerprint density at radius 3 is 2.68 bits per heavy atom. The van der Waals surface area contributed by atoms with E-state index < -0.39 is 10.8 Å². The molecule has 25 heavy (non-hydrogen) atoms. The number of benzene rings is 2. The van der Waals surface area contributed by atoms with Crippen LogP contribution < -0.4 is 0 Å². The van der Waals surface area contributed by atoms with Gasteiger partial charge in [0.25, 0.3) is 11.6 Å². The van der Waals surface area contributed by atoms with Crippen LogP contribution in [0.15, 0.2) is 51.1 Å². The zero-order chi connectivity index (χ0) is 18.1. The third kappa shape index (κ3) is 3.19. The number of phenolic OH excluding ortho intramolecular Hbond substituents is 1. The lowest BCUT2D eigenvalue weighted by Gasteiger charge is -1.99. The van der Waals surface area contributed by atoms with Gasteiger partial charge in [0.2, 0.25) is 5.88 Å². The van der Waals surface area contributed by atoms with E-state index in [2.05, 4.69) is 31.1 Å². The zero-order valence-corrected chi connectivity index (χ0v) is 13.9. The number of nitrogens with one attached hydrogen (secondary N) is 1. The van der Waals surface area contributed by atoms with Crippen LogP contribution in [0.3, 0.4) is 0 Å². The van der Waals surface area contributed by atoms with Crippen LogP contribution in [0.25, 0.3) is 10.9 Å². The van der Waals surface area contributed by atoms with E-state index in [9.17, 15) is 25.1 Å². The number of nitro groups is 1. The first-order chi connectivity index (χ1) is 11.9. The molecule has 0 unspecified atom stereocenters. The fourth-order valence-corrected chi connectivity index (χ4v) is 2.56. The summed E-state index contributed by atoms with van der Waals surface area (Å²) in [5.74, 6) is -1.49. The fraction of sp³-hybridized carbons (Fsp3) is 0. The maximum Gasteiger partial charge on any atom is 0.299 e. The summed E-state index contributed by atoms with van der Waals surface area (Å²) in [6.07, 6.45) is 0. The number of halogens is 1. The molecule has 9 nitrogen and oxygen atoms in total. The predicted molar refractivity (Wildman–Crippen MR) is 91.3 cm³/mol. The number of phenols is 1. The molecule has 126 valence electrons. The summed E-state index contributed by atoms with van der Waals surface area (Å²) in [5.41, 5.74) is 0.0127. The smallest absolute Gasteiger partial charge is 0.299 e. The molecular weight excluding hydrogens is 396 g/mol. The molecule has 0 aliphatic rings. The molecule has 1 amide bonds. The maximum atomic E-state index is 12.1. The summed E-state index contributed by atoms with van der Waals surface area (Å²) in [6, 6.07) is 8.13. The number of nitrogens with zero attached hydrogens (tertiary/aromatic N) is 3. The molecule has 10 heteroatoms. The highest BCUT2D eigenvalue weighted by molar-refractivity contribution is 9.10. The quantitative estimate of drug-likeness (QED) is 0.341. The van der Waals surface area contributed by atoms with E-state index in [1.165, 1.54) is 30.3 Å². The van der Waals surface area contributed by atoms with Crippen molar-refractivity contribution in [3.05, 3.63) is 56.5 Å². The summed E-state index contributed by atoms with van der Waals surface area (Å²) in [7, 11) is 0. The van der Waals surface area contributed by atoms with Gasteiger partial charge in [-0.3, -0.25) is 14.9 Å². The molecule has 1 heterocycles. The second kappa shape index (κ2) is 6.32. The van der Waals surface area contributed by atoms with E-state index in [-0.39, 0.29) is 34.0 Å². The number of non-ortho nitro benzene ring substituents is 1. The highest BCUT2D eigenvalue weighted by Gasteiger charge is 2.16. The Balaban J connectivity index is 2.02. The number of fused-ring (bicyclic) bond motifs is 1. The van der Waals surface area contributed by atoms with Crippen molar-refractivity contribution >= 4 is 44.1 Å². The van der Waals surface area contributed by atoms with E-state index in [0.29, 0.717) is 9.99 Å². The average molecular weight is 405 g/mol. The summed E-state index contributed by atoms with van der Waals surface area (Å²) in [6.45, 7) is 0. The van der Waals surface area contributed by atoms with Gasteiger partial charge < -0.3 is 15.2 Å². The van der Waals surface area contributed by atoms with E-state index in [1.54, 1.807) is 6.07 Å². The van der Waals surface area contributed by atoms with E-state index in [4.69, 9.17) is 0 Å². The van der Waals surface area contributed by atoms with Crippen molar-refractivity contribution in [3.8, 4) is 11.6 Å². The molecule has 1 aromatic heterocycles. The van der Waals surface area contributed by atoms with Crippen molar-refractivity contribution in [2.24, 2.45) is 10.2 Å². The molecule has 0 saturated heterocycles. The van der Waals surface area contributed by atoms with Gasteiger partial charge in [0, 0.05) is 22.0 Å². The van der Waals surface area contributed by atoms with Gasteiger partial charge in [0.1, 0.15) is 5.75 Å². The number of rotatable bonds is 3. The van der Waals surface area contributed by atoms with Crippen LogP contribution in [0.5, 0.6) is 11.6 Å². The van der Waals surface area contributed by atoms with Gasteiger partial charge in [-0.25, -0.2) is 0 Å². The highest BCUT2D eigenvalue weighted by atomic mass is 79.9. The first-order valence-corrected chi connectivity index (χ1v) is 7.60. The second-order valence-corrected chi connectivity index (χ2v) is 5.89. The normalized spacial score (nSPS) is 11.2. The summed E-state index contributed by atoms with van der Waals surface area (Å²) >= 11 is 3.18. The van der Waals surface area contributed by atoms with Crippen molar-refractivity contribution in [3.63, 3.8) is 0 Å². The van der Waals surface area contributed by atoms with Gasteiger partial charge >= 0.3 is 0 Å². The van der Waals surface area contributed by atoms with Crippen molar-refractivity contribution in [1.82, 2.24) is 4.98 Å². The first kappa shape index (κ1) is 16.6. The van der Waals surface area contributed by atoms with E-state index in [0.717, 1.165) is 0 Å². The monoisotopic (exact) mass is 404 g/mol. The lowest BCUT2D eigenvalue weighted by molar-refractivity contribution is -0.384. The van der Waals surface area contributed by atoms with Gasteiger partial charge in [-0.15, -0.1) is 10.2 Å². The standard InChI is InChI=1S/C15H9BrN4O5/c16-7-1-4-12(21)10(5-7)14(22)19-18-13-9-6-8(20(24)25)2-3-11(9)17-15(13)23/h1-6,17,21,23H. The maximum absolute atomic E-state index is 12.1. The number of H-pyrrole nitrogens is 1. The van der Waals surface area contributed by atoms with Crippen molar-refractivity contribution in [1.29, 1.82) is 0 Å². The Morgan fingerprint density at radius 1 is 1.20 bits per heavy atom. The van der Waals surface area contributed by atoms with Crippen LogP contribution in [0.1, 0.15) is 10.4 Å². The van der Waals surface area contributed by atoms with Crippen molar-refractivity contribution in [2.75, 3.05) is 0 Å². The molecule has 0 saturated carbocycles. The molecule has 2 aromatic carbocycles. The lowest BCUT2D eigenvalue weighted by Crippen LogP contribution is -1.94. The molecule has 0 atom stereocenters. The van der Waals surface area contributed by atoms with Gasteiger partial charge in [0.05, 0.1) is 16.0 Å². The molecule has 0 spiro atoms. The molecule has 0 aliphatic heterocycles. The average Bonchev–Trinajstić information content (AvgIpc) is 2.89. The Bertz CT molecular complexity index is 1040. The summed E-state index contributed by atoms with van der Waals surface area (Å²) in [4.78, 5) is 25.0. The van der Waals surface area contributed by atoms with Crippen molar-refractivity contribution in [2.45, 2.75) is 0 Å². The van der Waals surface area contributed by atoms with Crippen LogP contribution in [0, 0.1) is 10.1 Å². The molecule has 0 aliphatic carbocycles. The molecular formula is C15H9BrN4O5. The first-order valence-electron chi connectivity index (χ1n) is 6.80. The van der Waals surface area contributed by atoms with Crippen LogP contribution in [-0.4, -0.2) is 26.0 Å². The third-order valence-electron chi connectivity index (χ3n) is 3.38. The summed E-state index contributed by atoms with van der Waals surface area (Å²) in [5, 5.41) is 37.9. The Morgan fingerprint density at radius 2 is 1.96 bits per heavy atom. The molecule has 0 bridgehead atoms. The van der Waals surface area contributed by atoms with Gasteiger partial charge in [-0.05, 0) is 24.3 Å². The number of nitro benzene ring substituents is 1. The minimum atomic E-state index is -0.835. The van der Waals surface area contributed by atoms with Gasteiger partial charge in [-0.2, -0.15) is 0 Å². The summed E-state index contributed by atoms with van der Waals surface area (Å²) < 4.78 is 0.564. The Labute approximate surface area is 147 Å². The SMILES string of the molecule is O=C(N=Nc1c(O)[nH]c2ccc([N+](=O)[O-])cc12)c1cc(Br)ccc1O. The number of carbonyl (C=O) groups is 1. The molecule has 3 aromatic rings. The van der Waals surface area contributed by atoms with Crippen molar-refractivity contribution < 1.29 is 19.9 Å². The predicted octanol–water partition coefficient (Wildman–Crippen LogP) is 4.17. The van der Waals surface area contributed by atoms with E-state index >= 15 is 0 Å². The number of aromatic hydroxyl groups is 2. The van der Waals surface area contributed by atoms with Gasteiger partial charge in [-0.1, -0.05) is 15.9 Å². The minimum absolute atomic E-state index is 0.0802. The highest BCUT2D eigenvalue weighted by Crippen LogP contribution is 2.37. The topological polar surface area (TPSA) is 141 Å². The number of azo groups is 1. The second-order valence-electron chi connectivity index (χ2n) is 4.98. The number of amides is 1. The zero-order valence-electron chi connectivity index (χ0n) is 12.3. The van der Waals surface area contributed by atoms with Crippen LogP contribution >= 0.6 is 15.9 Å². The van der Waals surface area contributed by atoms with Crippen LogP contribution in [0.2, 0.25) is 0 Å². The molecule has 0 radical (unpaired) electrons. The number of aromatic nitrogens is 1.